The molecular formula is C10H18N2O2S. The van der Waals surface area contributed by atoms with E-state index in [1.165, 1.54) is 4.90 Å². The third-order valence-electron chi connectivity index (χ3n) is 2.00. The largest absolute Gasteiger partial charge is 0.449 e. The summed E-state index contributed by atoms with van der Waals surface area (Å²) < 4.78 is 5.11. The van der Waals surface area contributed by atoms with Gasteiger partial charge in [0.2, 0.25) is 0 Å². The van der Waals surface area contributed by atoms with Gasteiger partial charge in [0, 0.05) is 0 Å². The molecule has 86 valence electrons. The van der Waals surface area contributed by atoms with Crippen molar-refractivity contribution in [1.82, 2.24) is 10.2 Å². The zero-order valence-corrected chi connectivity index (χ0v) is 10.5. The van der Waals surface area contributed by atoms with Crippen LogP contribution in [0.25, 0.3) is 0 Å². The summed E-state index contributed by atoms with van der Waals surface area (Å²) in [4.78, 5) is 13.1. The molecule has 5 heteroatoms. The molecule has 1 heterocycles. The second-order valence-electron chi connectivity index (χ2n) is 4.87. The van der Waals surface area contributed by atoms with Crippen molar-refractivity contribution in [3.8, 4) is 0 Å². The van der Waals surface area contributed by atoms with E-state index in [1.807, 2.05) is 27.7 Å². The maximum Gasteiger partial charge on any atom is 0.416 e. The molecule has 1 amide bonds. The van der Waals surface area contributed by atoms with Gasteiger partial charge < -0.3 is 10.1 Å². The van der Waals surface area contributed by atoms with Crippen LogP contribution in [0, 0.1) is 5.92 Å². The van der Waals surface area contributed by atoms with Gasteiger partial charge in [-0.05, 0) is 32.0 Å². The van der Waals surface area contributed by atoms with Crippen LogP contribution in [-0.4, -0.2) is 34.8 Å². The molecule has 0 aromatic carbocycles. The molecule has 0 bridgehead atoms. The minimum absolute atomic E-state index is 0.159. The highest BCUT2D eigenvalue weighted by Crippen LogP contribution is 2.15. The first-order valence-electron chi connectivity index (χ1n) is 5.08. The third-order valence-corrected chi connectivity index (χ3v) is 2.33. The molecule has 0 unspecified atom stereocenters. The maximum atomic E-state index is 11.6. The lowest BCUT2D eigenvalue weighted by Crippen LogP contribution is -2.36. The van der Waals surface area contributed by atoms with Gasteiger partial charge in [-0.2, -0.15) is 0 Å². The van der Waals surface area contributed by atoms with E-state index in [2.05, 4.69) is 5.32 Å². The average molecular weight is 230 g/mol. The molecule has 0 atom stereocenters. The second-order valence-corrected chi connectivity index (χ2v) is 5.26. The maximum absolute atomic E-state index is 11.6. The van der Waals surface area contributed by atoms with Crippen LogP contribution in [0.5, 0.6) is 0 Å². The third kappa shape index (κ3) is 3.34. The highest BCUT2D eigenvalue weighted by Gasteiger charge is 2.36. The molecule has 1 N–H and O–H groups in total. The predicted octanol–water partition coefficient (Wildman–Crippen LogP) is 1.75. The molecule has 0 aromatic rings. The molecule has 0 saturated carbocycles. The number of ether oxygens (including phenoxy) is 1. The summed E-state index contributed by atoms with van der Waals surface area (Å²) in [6.45, 7) is 8.97. The average Bonchev–Trinajstić information content (AvgIpc) is 2.35. The van der Waals surface area contributed by atoms with E-state index in [9.17, 15) is 4.79 Å². The number of thiocarbonyl (C=S) groups is 1. The highest BCUT2D eigenvalue weighted by molar-refractivity contribution is 7.80. The van der Waals surface area contributed by atoms with Crippen molar-refractivity contribution in [2.24, 2.45) is 5.92 Å². The minimum atomic E-state index is -0.355. The molecule has 0 aliphatic carbocycles. The van der Waals surface area contributed by atoms with E-state index in [4.69, 9.17) is 17.0 Å². The van der Waals surface area contributed by atoms with Crippen molar-refractivity contribution < 1.29 is 9.53 Å². The lowest BCUT2D eigenvalue weighted by molar-refractivity contribution is 0.111. The van der Waals surface area contributed by atoms with Crippen molar-refractivity contribution >= 4 is 23.4 Å². The zero-order chi connectivity index (χ0) is 11.6. The van der Waals surface area contributed by atoms with Crippen molar-refractivity contribution in [1.29, 1.82) is 0 Å². The molecule has 0 aromatic heterocycles. The van der Waals surface area contributed by atoms with Gasteiger partial charge in [-0.1, -0.05) is 13.8 Å². The van der Waals surface area contributed by atoms with E-state index in [0.29, 0.717) is 24.2 Å². The van der Waals surface area contributed by atoms with Crippen molar-refractivity contribution in [2.45, 2.75) is 33.2 Å². The van der Waals surface area contributed by atoms with Crippen LogP contribution >= 0.6 is 12.2 Å². The predicted molar refractivity (Wildman–Crippen MR) is 62.7 cm³/mol. The second kappa shape index (κ2) is 4.35. The number of nitrogens with zero attached hydrogens (tertiary/aromatic N) is 1. The van der Waals surface area contributed by atoms with Crippen molar-refractivity contribution in [2.75, 3.05) is 13.2 Å². The quantitative estimate of drug-likeness (QED) is 0.734. The van der Waals surface area contributed by atoms with E-state index >= 15 is 0 Å². The molecule has 1 aliphatic rings. The summed E-state index contributed by atoms with van der Waals surface area (Å²) in [5.74, 6) is 0.339. The first-order valence-corrected chi connectivity index (χ1v) is 5.49. The molecule has 1 rings (SSSR count). The van der Waals surface area contributed by atoms with Gasteiger partial charge in [0.1, 0.15) is 0 Å². The molecule has 4 nitrogen and oxygen atoms in total. The molecule has 15 heavy (non-hydrogen) atoms. The number of carbonyl (C=O) groups excluding carboxylic acids is 1. The molecule has 1 fully saturated rings. The van der Waals surface area contributed by atoms with Crippen LogP contribution in [0.2, 0.25) is 0 Å². The Kier molecular flexibility index (Phi) is 3.54. The Morgan fingerprint density at radius 2 is 2.27 bits per heavy atom. The van der Waals surface area contributed by atoms with Crippen molar-refractivity contribution in [3.05, 3.63) is 0 Å². The van der Waals surface area contributed by atoms with Crippen LogP contribution in [0.1, 0.15) is 27.7 Å². The van der Waals surface area contributed by atoms with Gasteiger partial charge in [0.05, 0.1) is 18.7 Å². The fraction of sp³-hybridized carbons (Fsp3) is 0.800. The Balaban J connectivity index is 2.51. The SMILES string of the molecule is CC(C)COC(=O)N1CC(C)(C)NC1=S. The van der Waals surface area contributed by atoms with Gasteiger partial charge in [-0.25, -0.2) is 4.79 Å². The lowest BCUT2D eigenvalue weighted by Gasteiger charge is -2.17. The zero-order valence-electron chi connectivity index (χ0n) is 9.66. The number of hydrogen-bond acceptors (Lipinski definition) is 3. The fourth-order valence-electron chi connectivity index (χ4n) is 1.33. The van der Waals surface area contributed by atoms with E-state index < -0.39 is 0 Å². The first kappa shape index (κ1) is 12.2. The van der Waals surface area contributed by atoms with Gasteiger partial charge >= 0.3 is 6.09 Å². The number of rotatable bonds is 2. The highest BCUT2D eigenvalue weighted by atomic mass is 32.1. The Labute approximate surface area is 96.0 Å². The summed E-state index contributed by atoms with van der Waals surface area (Å²) >= 11 is 5.06. The number of hydrogen-bond donors (Lipinski definition) is 1. The Morgan fingerprint density at radius 1 is 1.67 bits per heavy atom. The molecule has 0 radical (unpaired) electrons. The fourth-order valence-corrected chi connectivity index (χ4v) is 1.74. The normalized spacial score (nSPS) is 19.3. The molecule has 0 spiro atoms. The van der Waals surface area contributed by atoms with Gasteiger partial charge in [-0.15, -0.1) is 0 Å². The van der Waals surface area contributed by atoms with E-state index in [1.54, 1.807) is 0 Å². The van der Waals surface area contributed by atoms with Crippen LogP contribution in [-0.2, 0) is 4.74 Å². The summed E-state index contributed by atoms with van der Waals surface area (Å²) in [6, 6.07) is 0. The standard InChI is InChI=1S/C10H18N2O2S/c1-7(2)5-14-9(13)12-6-10(3,4)11-8(12)15/h7H,5-6H2,1-4H3,(H,11,15). The van der Waals surface area contributed by atoms with Gasteiger partial charge in [-0.3, -0.25) is 4.90 Å². The number of nitrogens with one attached hydrogen (secondary N) is 1. The van der Waals surface area contributed by atoms with Crippen LogP contribution in [0.3, 0.4) is 0 Å². The van der Waals surface area contributed by atoms with Crippen molar-refractivity contribution in [3.63, 3.8) is 0 Å². The molecule has 1 saturated heterocycles. The number of amides is 1. The Bertz CT molecular complexity index is 277. The Hall–Kier alpha value is -0.840. The van der Waals surface area contributed by atoms with E-state index in [-0.39, 0.29) is 11.6 Å². The first-order chi connectivity index (χ1) is 6.82. The Morgan fingerprint density at radius 3 is 2.67 bits per heavy atom. The summed E-state index contributed by atoms with van der Waals surface area (Å²) in [6.07, 6.45) is -0.355. The minimum Gasteiger partial charge on any atom is -0.449 e. The lowest BCUT2D eigenvalue weighted by atomic mass is 10.1. The monoisotopic (exact) mass is 230 g/mol. The topological polar surface area (TPSA) is 41.6 Å². The summed E-state index contributed by atoms with van der Waals surface area (Å²) in [7, 11) is 0. The van der Waals surface area contributed by atoms with E-state index in [0.717, 1.165) is 0 Å². The molecular weight excluding hydrogens is 212 g/mol. The number of carbonyl (C=O) groups is 1. The van der Waals surface area contributed by atoms with Gasteiger partial charge in [0.15, 0.2) is 5.11 Å². The van der Waals surface area contributed by atoms with Crippen LogP contribution in [0.15, 0.2) is 0 Å². The van der Waals surface area contributed by atoms with Crippen LogP contribution < -0.4 is 5.32 Å². The summed E-state index contributed by atoms with van der Waals surface area (Å²) in [5.41, 5.74) is -0.159. The summed E-state index contributed by atoms with van der Waals surface area (Å²) in [5, 5.41) is 3.52. The van der Waals surface area contributed by atoms with Crippen LogP contribution in [0.4, 0.5) is 4.79 Å². The van der Waals surface area contributed by atoms with Gasteiger partial charge in [0.25, 0.3) is 0 Å². The smallest absolute Gasteiger partial charge is 0.416 e. The molecule has 1 aliphatic heterocycles.